The topological polar surface area (TPSA) is 12.0 Å². The van der Waals surface area contributed by atoms with Crippen molar-refractivity contribution < 1.29 is 0 Å². The van der Waals surface area contributed by atoms with Gasteiger partial charge in [0.25, 0.3) is 0 Å². The molecule has 0 heterocycles. The van der Waals surface area contributed by atoms with E-state index in [4.69, 9.17) is 0 Å². The van der Waals surface area contributed by atoms with E-state index in [-0.39, 0.29) is 0 Å². The molecule has 0 saturated heterocycles. The smallest absolute Gasteiger partial charge is 0.0419 e. The maximum absolute atomic E-state index is 3.36. The van der Waals surface area contributed by atoms with Gasteiger partial charge in [-0.05, 0) is 24.6 Å². The van der Waals surface area contributed by atoms with Crippen LogP contribution in [0.25, 0.3) is 11.1 Å². The van der Waals surface area contributed by atoms with Gasteiger partial charge >= 0.3 is 0 Å². The lowest BCUT2D eigenvalue weighted by atomic mass is 10.0. The largest absolute Gasteiger partial charge is 0.385 e. The second kappa shape index (κ2) is 4.65. The first-order chi connectivity index (χ1) is 7.42. The van der Waals surface area contributed by atoms with Crippen LogP contribution in [0.3, 0.4) is 0 Å². The molecule has 1 heteroatoms. The molecular formula is C14H14N. The van der Waals surface area contributed by atoms with Gasteiger partial charge < -0.3 is 5.32 Å². The summed E-state index contributed by atoms with van der Waals surface area (Å²) < 4.78 is 0. The van der Waals surface area contributed by atoms with E-state index in [1.807, 2.05) is 12.1 Å². The van der Waals surface area contributed by atoms with Crippen molar-refractivity contribution in [1.82, 2.24) is 0 Å². The molecule has 1 N–H and O–H groups in total. The number of para-hydroxylation sites is 1. The summed E-state index contributed by atoms with van der Waals surface area (Å²) >= 11 is 0. The van der Waals surface area contributed by atoms with Crippen LogP contribution in [0.15, 0.2) is 48.5 Å². The van der Waals surface area contributed by atoms with Gasteiger partial charge in [-0.2, -0.15) is 0 Å². The zero-order chi connectivity index (χ0) is 10.5. The van der Waals surface area contributed by atoms with Crippen LogP contribution in [0.1, 0.15) is 6.92 Å². The van der Waals surface area contributed by atoms with E-state index < -0.39 is 0 Å². The van der Waals surface area contributed by atoms with E-state index in [9.17, 15) is 0 Å². The van der Waals surface area contributed by atoms with E-state index >= 15 is 0 Å². The second-order valence-electron chi connectivity index (χ2n) is 3.36. The minimum atomic E-state index is 0.940. The predicted octanol–water partition coefficient (Wildman–Crippen LogP) is 3.59. The van der Waals surface area contributed by atoms with Crippen molar-refractivity contribution in [3.8, 4) is 11.1 Å². The molecule has 0 aliphatic rings. The zero-order valence-electron chi connectivity index (χ0n) is 8.83. The van der Waals surface area contributed by atoms with Gasteiger partial charge in [0.2, 0.25) is 0 Å². The molecule has 75 valence electrons. The van der Waals surface area contributed by atoms with Crippen molar-refractivity contribution in [3.63, 3.8) is 0 Å². The lowest BCUT2D eigenvalue weighted by Gasteiger charge is -2.10. The van der Waals surface area contributed by atoms with E-state index in [0.717, 1.165) is 6.54 Å². The number of rotatable bonds is 3. The molecule has 15 heavy (non-hydrogen) atoms. The fourth-order valence-corrected chi connectivity index (χ4v) is 1.65. The third-order valence-electron chi connectivity index (χ3n) is 2.32. The molecule has 2 aromatic rings. The predicted molar refractivity (Wildman–Crippen MR) is 64.9 cm³/mol. The van der Waals surface area contributed by atoms with Crippen molar-refractivity contribution in [2.75, 3.05) is 11.9 Å². The van der Waals surface area contributed by atoms with Crippen LogP contribution in [0.4, 0.5) is 5.69 Å². The maximum Gasteiger partial charge on any atom is 0.0419 e. The Morgan fingerprint density at radius 3 is 2.53 bits per heavy atom. The highest BCUT2D eigenvalue weighted by Gasteiger charge is 2.01. The molecule has 0 aliphatic carbocycles. The maximum atomic E-state index is 3.36. The summed E-state index contributed by atoms with van der Waals surface area (Å²) in [6, 6.07) is 19.4. The minimum absolute atomic E-state index is 0.940. The van der Waals surface area contributed by atoms with Crippen LogP contribution in [0.2, 0.25) is 0 Å². The summed E-state index contributed by atoms with van der Waals surface area (Å²) in [5, 5.41) is 3.36. The van der Waals surface area contributed by atoms with E-state index in [1.54, 1.807) is 0 Å². The molecule has 0 unspecified atom stereocenters. The average molecular weight is 196 g/mol. The summed E-state index contributed by atoms with van der Waals surface area (Å²) in [5.74, 6) is 0. The normalized spacial score (nSPS) is 9.93. The lowest BCUT2D eigenvalue weighted by Crippen LogP contribution is -1.98. The monoisotopic (exact) mass is 196 g/mol. The summed E-state index contributed by atoms with van der Waals surface area (Å²) in [6.07, 6.45) is 0. The van der Waals surface area contributed by atoms with Crippen LogP contribution in [0.5, 0.6) is 0 Å². The van der Waals surface area contributed by atoms with Gasteiger partial charge in [-0.3, -0.25) is 0 Å². The highest BCUT2D eigenvalue weighted by Crippen LogP contribution is 2.26. The summed E-state index contributed by atoms with van der Waals surface area (Å²) in [7, 11) is 0. The van der Waals surface area contributed by atoms with Crippen LogP contribution in [-0.4, -0.2) is 6.54 Å². The molecule has 1 nitrogen and oxygen atoms in total. The first-order valence-electron chi connectivity index (χ1n) is 5.21. The molecule has 0 aromatic heterocycles. The zero-order valence-corrected chi connectivity index (χ0v) is 8.83. The van der Waals surface area contributed by atoms with Crippen LogP contribution in [-0.2, 0) is 0 Å². The van der Waals surface area contributed by atoms with Crippen molar-refractivity contribution in [2.45, 2.75) is 6.92 Å². The molecule has 0 fully saturated rings. The van der Waals surface area contributed by atoms with Crippen LogP contribution in [0, 0.1) is 6.07 Å². The summed E-state index contributed by atoms with van der Waals surface area (Å²) in [5.41, 5.74) is 3.66. The number of hydrogen-bond acceptors (Lipinski definition) is 1. The third kappa shape index (κ3) is 2.18. The van der Waals surface area contributed by atoms with Gasteiger partial charge in [-0.15, -0.1) is 0 Å². The Morgan fingerprint density at radius 2 is 1.80 bits per heavy atom. The molecule has 0 aliphatic heterocycles. The van der Waals surface area contributed by atoms with E-state index in [2.05, 4.69) is 54.7 Å². The standard InChI is InChI=1S/C14H14N/c1-2-15-14-11-7-6-10-13(14)12-8-4-3-5-9-12/h4-11,15H,2H2,1H3. The highest BCUT2D eigenvalue weighted by atomic mass is 14.9. The van der Waals surface area contributed by atoms with Gasteiger partial charge in [-0.1, -0.05) is 42.5 Å². The second-order valence-corrected chi connectivity index (χ2v) is 3.36. The van der Waals surface area contributed by atoms with E-state index in [0.29, 0.717) is 0 Å². The minimum Gasteiger partial charge on any atom is -0.385 e. The van der Waals surface area contributed by atoms with Crippen molar-refractivity contribution in [2.24, 2.45) is 0 Å². The molecule has 0 atom stereocenters. The Labute approximate surface area is 90.8 Å². The van der Waals surface area contributed by atoms with Gasteiger partial charge in [0.05, 0.1) is 0 Å². The fourth-order valence-electron chi connectivity index (χ4n) is 1.65. The number of hydrogen-bond donors (Lipinski definition) is 1. The van der Waals surface area contributed by atoms with Crippen molar-refractivity contribution in [1.29, 1.82) is 0 Å². The van der Waals surface area contributed by atoms with Crippen LogP contribution >= 0.6 is 0 Å². The summed E-state index contributed by atoms with van der Waals surface area (Å²) in [4.78, 5) is 0. The highest BCUT2D eigenvalue weighted by molar-refractivity contribution is 5.77. The third-order valence-corrected chi connectivity index (χ3v) is 2.32. The van der Waals surface area contributed by atoms with Gasteiger partial charge in [0.15, 0.2) is 0 Å². The Bertz CT molecular complexity index is 420. The van der Waals surface area contributed by atoms with Gasteiger partial charge in [0.1, 0.15) is 0 Å². The first kappa shape index (κ1) is 9.78. The molecule has 0 bridgehead atoms. The first-order valence-corrected chi connectivity index (χ1v) is 5.21. The molecule has 0 saturated carbocycles. The molecule has 1 radical (unpaired) electrons. The molecule has 0 amide bonds. The number of anilines is 1. The van der Waals surface area contributed by atoms with Gasteiger partial charge in [0, 0.05) is 17.8 Å². The van der Waals surface area contributed by atoms with Crippen molar-refractivity contribution >= 4 is 5.69 Å². The van der Waals surface area contributed by atoms with Crippen molar-refractivity contribution in [3.05, 3.63) is 54.6 Å². The van der Waals surface area contributed by atoms with Crippen LogP contribution < -0.4 is 5.32 Å². The number of nitrogens with one attached hydrogen (secondary N) is 1. The molecule has 2 aromatic carbocycles. The van der Waals surface area contributed by atoms with E-state index in [1.165, 1.54) is 16.8 Å². The Balaban J connectivity index is 2.43. The SMILES string of the molecule is CCNc1ccccc1-c1cc[c]cc1. The summed E-state index contributed by atoms with van der Waals surface area (Å²) in [6.45, 7) is 3.05. The van der Waals surface area contributed by atoms with Gasteiger partial charge in [-0.25, -0.2) is 0 Å². The molecule has 2 rings (SSSR count). The Kier molecular flexibility index (Phi) is 3.03. The Morgan fingerprint density at radius 1 is 1.07 bits per heavy atom. The quantitative estimate of drug-likeness (QED) is 0.791. The lowest BCUT2D eigenvalue weighted by molar-refractivity contribution is 1.21. The molecular weight excluding hydrogens is 182 g/mol. The Hall–Kier alpha value is -1.76. The number of benzene rings is 2. The fraction of sp³-hybridized carbons (Fsp3) is 0.143. The average Bonchev–Trinajstić information content (AvgIpc) is 2.31. The molecule has 0 spiro atoms.